The lowest BCUT2D eigenvalue weighted by atomic mass is 9.65. The average molecular weight is 935 g/mol. The van der Waals surface area contributed by atoms with Crippen LogP contribution in [-0.4, -0.2) is 127 Å². The summed E-state index contributed by atoms with van der Waals surface area (Å²) in [6, 6.07) is 28.1. The largest absolute Gasteiger partial charge is 0.491 e. The van der Waals surface area contributed by atoms with E-state index in [1.54, 1.807) is 65.8 Å². The van der Waals surface area contributed by atoms with Gasteiger partial charge in [0.25, 0.3) is 0 Å². The summed E-state index contributed by atoms with van der Waals surface area (Å²) in [5, 5.41) is 12.1. The van der Waals surface area contributed by atoms with Crippen LogP contribution in [0.2, 0.25) is 0 Å². The number of nitrogens with one attached hydrogen (secondary N) is 1. The zero-order chi connectivity index (χ0) is 48.1. The molecule has 0 unspecified atom stereocenters. The number of carbonyl (C=O) groups is 5. The fourth-order valence-corrected chi connectivity index (χ4v) is 10.2. The van der Waals surface area contributed by atoms with Gasteiger partial charge >= 0.3 is 18.1 Å². The van der Waals surface area contributed by atoms with Crippen molar-refractivity contribution in [2.45, 2.75) is 29.6 Å². The molecule has 69 heavy (non-hydrogen) atoms. The number of imide groups is 1. The number of rotatable bonds is 12. The maximum Gasteiger partial charge on any atom is 0.421 e. The van der Waals surface area contributed by atoms with Crippen molar-refractivity contribution in [3.63, 3.8) is 0 Å². The first kappa shape index (κ1) is 46.3. The molecule has 18 heteroatoms. The second-order valence-corrected chi connectivity index (χ2v) is 16.8. The number of piperazine rings is 1. The number of methoxy groups -OCH3 is 1. The van der Waals surface area contributed by atoms with E-state index in [0.29, 0.717) is 41.5 Å². The van der Waals surface area contributed by atoms with E-state index in [-0.39, 0.29) is 57.3 Å². The molecule has 9 rings (SSSR count). The molecule has 5 amide bonds. The number of fused-ring (bicyclic) bond motifs is 3. The van der Waals surface area contributed by atoms with Crippen molar-refractivity contribution in [2.24, 2.45) is 11.7 Å². The minimum atomic E-state index is -2.06. The first-order valence-electron chi connectivity index (χ1n) is 22.6. The number of hydrogen-bond acceptors (Lipinski definition) is 14. The van der Waals surface area contributed by atoms with Crippen molar-refractivity contribution >= 4 is 41.5 Å². The summed E-state index contributed by atoms with van der Waals surface area (Å²) < 4.78 is 23.3. The first-order valence-corrected chi connectivity index (χ1v) is 22.6. The number of urea groups is 1. The molecule has 4 aromatic carbocycles. The SMILES string of the molecule is COCCOC(=O)N1C(=O)[C@@]2(c3cc(C#CCNC(N)=O)ccc31)[C@H](c1ccc(OCCO)cc1)N1[C@H](c3ccccc3)[C@H](c3ccccc3)OC(=O)[C@H]1[C@@H]2C(=O)N1CCN(c2ncccn2)CC1. The summed E-state index contributed by atoms with van der Waals surface area (Å²) >= 11 is 0. The third-order valence-electron chi connectivity index (χ3n) is 13.0. The molecule has 0 aliphatic carbocycles. The van der Waals surface area contributed by atoms with Crippen molar-refractivity contribution in [2.75, 3.05) is 76.1 Å². The minimum Gasteiger partial charge on any atom is -0.491 e. The lowest BCUT2D eigenvalue weighted by Crippen LogP contribution is -2.59. The highest BCUT2D eigenvalue weighted by molar-refractivity contribution is 6.23. The summed E-state index contributed by atoms with van der Waals surface area (Å²) in [4.78, 5) is 89.5. The molecule has 6 atom stereocenters. The molecular formula is C51H50N8O10. The number of benzene rings is 4. The van der Waals surface area contributed by atoms with Crippen molar-refractivity contribution in [1.29, 1.82) is 0 Å². The number of morpholine rings is 1. The number of ether oxygens (including phenoxy) is 4. The van der Waals surface area contributed by atoms with Gasteiger partial charge < -0.3 is 44.9 Å². The second kappa shape index (κ2) is 20.2. The van der Waals surface area contributed by atoms with Gasteiger partial charge in [-0.1, -0.05) is 84.6 Å². The van der Waals surface area contributed by atoms with Gasteiger partial charge in [0.05, 0.1) is 43.4 Å². The summed E-state index contributed by atoms with van der Waals surface area (Å²) in [5.41, 5.74) is 5.94. The van der Waals surface area contributed by atoms with Gasteiger partial charge in [0.15, 0.2) is 0 Å². The van der Waals surface area contributed by atoms with Crippen molar-refractivity contribution in [1.82, 2.24) is 25.1 Å². The van der Waals surface area contributed by atoms with Crippen molar-refractivity contribution in [3.05, 3.63) is 149 Å². The van der Waals surface area contributed by atoms with Crippen molar-refractivity contribution in [3.8, 4) is 17.6 Å². The van der Waals surface area contributed by atoms with Gasteiger partial charge in [0.1, 0.15) is 36.5 Å². The van der Waals surface area contributed by atoms with Gasteiger partial charge in [-0.05, 0) is 58.7 Å². The number of anilines is 2. The molecule has 3 saturated heterocycles. The van der Waals surface area contributed by atoms with Gasteiger partial charge in [-0.15, -0.1) is 0 Å². The molecule has 0 saturated carbocycles. The Morgan fingerprint density at radius 2 is 1.54 bits per heavy atom. The van der Waals surface area contributed by atoms with Crippen LogP contribution in [0.25, 0.3) is 0 Å². The molecule has 4 aliphatic heterocycles. The Morgan fingerprint density at radius 3 is 2.20 bits per heavy atom. The molecule has 0 bridgehead atoms. The average Bonchev–Trinajstić information content (AvgIpc) is 3.84. The van der Waals surface area contributed by atoms with E-state index in [0.717, 1.165) is 10.5 Å². The zero-order valence-corrected chi connectivity index (χ0v) is 37.7. The molecule has 5 aromatic rings. The summed E-state index contributed by atoms with van der Waals surface area (Å²) in [5.74, 6) is 3.28. The predicted molar refractivity (Wildman–Crippen MR) is 249 cm³/mol. The molecule has 1 spiro atoms. The van der Waals surface area contributed by atoms with E-state index >= 15 is 14.4 Å². The molecular weight excluding hydrogens is 885 g/mol. The van der Waals surface area contributed by atoms with Crippen LogP contribution in [0.4, 0.5) is 21.2 Å². The van der Waals surface area contributed by atoms with Crippen LogP contribution in [0.5, 0.6) is 5.75 Å². The monoisotopic (exact) mass is 934 g/mol. The Balaban J connectivity index is 1.31. The van der Waals surface area contributed by atoms with E-state index in [1.807, 2.05) is 70.5 Å². The van der Waals surface area contributed by atoms with E-state index in [9.17, 15) is 14.7 Å². The lowest BCUT2D eigenvalue weighted by Gasteiger charge is -2.46. The number of aliphatic hydroxyl groups excluding tert-OH is 1. The third kappa shape index (κ3) is 8.67. The summed E-state index contributed by atoms with van der Waals surface area (Å²) in [6.07, 6.45) is 1.34. The fourth-order valence-electron chi connectivity index (χ4n) is 10.2. The second-order valence-electron chi connectivity index (χ2n) is 16.8. The topological polar surface area (TPSA) is 219 Å². The number of aromatic nitrogens is 2. The van der Waals surface area contributed by atoms with E-state index in [2.05, 4.69) is 27.1 Å². The fraction of sp³-hybridized carbons (Fsp3) is 0.314. The normalized spacial score (nSPS) is 22.8. The van der Waals surface area contributed by atoms with Gasteiger partial charge in [-0.2, -0.15) is 0 Å². The number of esters is 1. The highest BCUT2D eigenvalue weighted by Crippen LogP contribution is 2.66. The van der Waals surface area contributed by atoms with Gasteiger partial charge in [0, 0.05) is 51.2 Å². The number of nitrogens with zero attached hydrogens (tertiary/aromatic N) is 6. The highest BCUT2D eigenvalue weighted by Gasteiger charge is 2.76. The summed E-state index contributed by atoms with van der Waals surface area (Å²) in [7, 11) is 1.45. The molecule has 0 radical (unpaired) electrons. The number of cyclic esters (lactones) is 1. The third-order valence-corrected chi connectivity index (χ3v) is 13.0. The molecule has 4 aliphatic rings. The van der Waals surface area contributed by atoms with Crippen LogP contribution >= 0.6 is 0 Å². The maximum absolute atomic E-state index is 16.4. The van der Waals surface area contributed by atoms with Crippen LogP contribution < -0.4 is 25.6 Å². The highest BCUT2D eigenvalue weighted by atomic mass is 16.6. The van der Waals surface area contributed by atoms with E-state index < -0.39 is 65.5 Å². The number of primary amides is 1. The molecule has 354 valence electrons. The predicted octanol–water partition coefficient (Wildman–Crippen LogP) is 3.66. The smallest absolute Gasteiger partial charge is 0.421 e. The molecule has 4 N–H and O–H groups in total. The lowest BCUT2D eigenvalue weighted by molar-refractivity contribution is -0.179. The number of hydrogen-bond donors (Lipinski definition) is 3. The maximum atomic E-state index is 16.4. The van der Waals surface area contributed by atoms with Crippen LogP contribution in [-0.2, 0) is 34.0 Å². The van der Waals surface area contributed by atoms with Crippen LogP contribution in [0.15, 0.2) is 122 Å². The quantitative estimate of drug-likeness (QED) is 0.0925. The minimum absolute atomic E-state index is 0.0204. The van der Waals surface area contributed by atoms with Crippen molar-refractivity contribution < 1.29 is 48.0 Å². The Labute approximate surface area is 397 Å². The molecule has 18 nitrogen and oxygen atoms in total. The number of amides is 5. The molecule has 5 heterocycles. The zero-order valence-electron chi connectivity index (χ0n) is 37.7. The Bertz CT molecular complexity index is 2750. The van der Waals surface area contributed by atoms with Crippen LogP contribution in [0.3, 0.4) is 0 Å². The van der Waals surface area contributed by atoms with Gasteiger partial charge in [-0.25, -0.2) is 24.5 Å². The van der Waals surface area contributed by atoms with E-state index in [4.69, 9.17) is 24.7 Å². The molecule has 1 aromatic heterocycles. The standard InChI is InChI=1S/C51H50N8O10/c1-66-30-31-68-50(65)58-39-20-15-33(10-8-21-53-48(52)64)32-38(39)51(47(58)63)40(45(61)56-24-26-57(27-25-56)49-54-22-9-23-55-49)42-46(62)69-43(35-13-6-3-7-14-35)41(34-11-4-2-5-12-34)59(42)44(51)36-16-18-37(19-17-36)67-29-28-60/h2-7,9,11-20,22-23,32,40-44,60H,21,24-31H2,1H3,(H3,52,53,64)/t40-,41-,42-,43+,44+,51-/m1/s1. The summed E-state index contributed by atoms with van der Waals surface area (Å²) in [6.45, 7) is 0.603. The Hall–Kier alpha value is -7.85. The Morgan fingerprint density at radius 1 is 0.841 bits per heavy atom. The van der Waals surface area contributed by atoms with Crippen LogP contribution in [0, 0.1) is 17.8 Å². The number of carbonyl (C=O) groups excluding carboxylic acids is 5. The first-order chi connectivity index (χ1) is 33.7. The molecule has 3 fully saturated rings. The van der Waals surface area contributed by atoms with Crippen LogP contribution in [0.1, 0.15) is 46.0 Å². The Kier molecular flexibility index (Phi) is 13.5. The number of nitrogens with two attached hydrogens (primary N) is 1. The number of aliphatic hydroxyl groups is 1. The van der Waals surface area contributed by atoms with E-state index in [1.165, 1.54) is 7.11 Å². The van der Waals surface area contributed by atoms with Gasteiger partial charge in [-0.3, -0.25) is 19.3 Å². The van der Waals surface area contributed by atoms with Gasteiger partial charge in [0.2, 0.25) is 17.8 Å².